The molecule has 0 aliphatic rings. The summed E-state index contributed by atoms with van der Waals surface area (Å²) in [6.07, 6.45) is 6.60. The van der Waals surface area contributed by atoms with Crippen LogP contribution in [-0.2, 0) is 4.79 Å². The van der Waals surface area contributed by atoms with Crippen molar-refractivity contribution in [1.29, 1.82) is 0 Å². The molecule has 0 atom stereocenters. The van der Waals surface area contributed by atoms with Gasteiger partial charge in [0.2, 0.25) is 5.91 Å². The topological polar surface area (TPSA) is 29.1 Å². The van der Waals surface area contributed by atoms with E-state index in [1.807, 2.05) is 13.0 Å². The molecule has 0 saturated carbocycles. The van der Waals surface area contributed by atoms with E-state index in [4.69, 9.17) is 0 Å². The van der Waals surface area contributed by atoms with Gasteiger partial charge in [-0.15, -0.1) is 0 Å². The molecule has 1 amide bonds. The number of amides is 1. The van der Waals surface area contributed by atoms with E-state index in [0.717, 1.165) is 0 Å². The molecule has 0 aliphatic carbocycles. The second-order valence-electron chi connectivity index (χ2n) is 3.00. The van der Waals surface area contributed by atoms with Gasteiger partial charge in [0.1, 0.15) is 5.82 Å². The highest BCUT2D eigenvalue weighted by molar-refractivity contribution is 9.10. The molecule has 1 aromatic rings. The van der Waals surface area contributed by atoms with Crippen LogP contribution in [0.4, 0.5) is 10.1 Å². The molecule has 0 heterocycles. The number of allylic oxidation sites excluding steroid dienone is 3. The minimum atomic E-state index is -0.359. The third-order valence-corrected chi connectivity index (χ3v) is 2.35. The van der Waals surface area contributed by atoms with Crippen LogP contribution in [0.3, 0.4) is 0 Å². The Morgan fingerprint density at radius 1 is 1.44 bits per heavy atom. The van der Waals surface area contributed by atoms with Crippen LogP contribution >= 0.6 is 15.9 Å². The lowest BCUT2D eigenvalue weighted by atomic mass is 10.3. The molecule has 84 valence electrons. The van der Waals surface area contributed by atoms with E-state index in [1.165, 1.54) is 24.3 Å². The number of anilines is 1. The molecule has 0 aromatic heterocycles. The fourth-order valence-corrected chi connectivity index (χ4v) is 1.39. The maximum absolute atomic E-state index is 12.9. The van der Waals surface area contributed by atoms with E-state index < -0.39 is 0 Å². The SMILES string of the molecule is CC=CC=CC(=O)Nc1ccc(F)c(Br)c1. The standard InChI is InChI=1S/C12H11BrFNO/c1-2-3-4-5-12(16)15-9-6-7-11(14)10(13)8-9/h2-8H,1H3,(H,15,16). The molecule has 0 spiro atoms. The Labute approximate surface area is 102 Å². The first kappa shape index (κ1) is 12.6. The van der Waals surface area contributed by atoms with Crippen LogP contribution in [-0.4, -0.2) is 5.91 Å². The lowest BCUT2D eigenvalue weighted by molar-refractivity contribution is -0.111. The lowest BCUT2D eigenvalue weighted by Gasteiger charge is -2.02. The highest BCUT2D eigenvalue weighted by Gasteiger charge is 2.01. The molecule has 1 rings (SSSR count). The van der Waals surface area contributed by atoms with Crippen LogP contribution in [0, 0.1) is 5.82 Å². The number of rotatable bonds is 3. The maximum atomic E-state index is 12.9. The summed E-state index contributed by atoms with van der Waals surface area (Å²) in [6, 6.07) is 4.30. The number of benzene rings is 1. The van der Waals surface area contributed by atoms with Gasteiger partial charge in [-0.05, 0) is 41.1 Å². The Morgan fingerprint density at radius 3 is 2.81 bits per heavy atom. The van der Waals surface area contributed by atoms with Gasteiger partial charge in [-0.25, -0.2) is 4.39 Å². The number of halogens is 2. The Kier molecular flexibility index (Phi) is 4.92. The number of carbonyl (C=O) groups excluding carboxylic acids is 1. The lowest BCUT2D eigenvalue weighted by Crippen LogP contribution is -2.07. The Bertz CT molecular complexity index is 441. The molecule has 4 heteroatoms. The van der Waals surface area contributed by atoms with Crippen molar-refractivity contribution < 1.29 is 9.18 Å². The second kappa shape index (κ2) is 6.23. The second-order valence-corrected chi connectivity index (χ2v) is 3.86. The minimum absolute atomic E-state index is 0.253. The van der Waals surface area contributed by atoms with Crippen LogP contribution in [0.1, 0.15) is 6.92 Å². The first-order valence-electron chi connectivity index (χ1n) is 4.69. The number of nitrogens with one attached hydrogen (secondary N) is 1. The molecule has 0 bridgehead atoms. The zero-order chi connectivity index (χ0) is 12.0. The fraction of sp³-hybridized carbons (Fsp3) is 0.0833. The summed E-state index contributed by atoms with van der Waals surface area (Å²) in [6.45, 7) is 1.86. The molecule has 0 radical (unpaired) electrons. The van der Waals surface area contributed by atoms with Gasteiger partial charge in [0.25, 0.3) is 0 Å². The molecular formula is C12H11BrFNO. The summed E-state index contributed by atoms with van der Waals surface area (Å²) in [5, 5.41) is 2.61. The van der Waals surface area contributed by atoms with E-state index in [-0.39, 0.29) is 11.7 Å². The summed E-state index contributed by atoms with van der Waals surface area (Å²) in [5.41, 5.74) is 0.545. The number of carbonyl (C=O) groups is 1. The van der Waals surface area contributed by atoms with Gasteiger partial charge in [0.05, 0.1) is 4.47 Å². The van der Waals surface area contributed by atoms with Gasteiger partial charge >= 0.3 is 0 Å². The van der Waals surface area contributed by atoms with Gasteiger partial charge < -0.3 is 5.32 Å². The van der Waals surface area contributed by atoms with Crippen LogP contribution in [0.5, 0.6) is 0 Å². The van der Waals surface area contributed by atoms with Crippen LogP contribution in [0.25, 0.3) is 0 Å². The number of hydrogen-bond donors (Lipinski definition) is 1. The average Bonchev–Trinajstić information content (AvgIpc) is 2.24. The highest BCUT2D eigenvalue weighted by atomic mass is 79.9. The zero-order valence-electron chi connectivity index (χ0n) is 8.71. The summed E-state index contributed by atoms with van der Waals surface area (Å²) >= 11 is 3.04. The van der Waals surface area contributed by atoms with Gasteiger partial charge in [-0.2, -0.15) is 0 Å². The van der Waals surface area contributed by atoms with Gasteiger partial charge in [-0.3, -0.25) is 4.79 Å². The Hall–Kier alpha value is -1.42. The smallest absolute Gasteiger partial charge is 0.248 e. The predicted molar refractivity (Wildman–Crippen MR) is 66.7 cm³/mol. The Morgan fingerprint density at radius 2 is 2.19 bits per heavy atom. The van der Waals surface area contributed by atoms with Crippen molar-refractivity contribution in [2.75, 3.05) is 5.32 Å². The fourth-order valence-electron chi connectivity index (χ4n) is 1.01. The molecule has 2 nitrogen and oxygen atoms in total. The summed E-state index contributed by atoms with van der Waals surface area (Å²) in [5.74, 6) is -0.612. The molecule has 0 unspecified atom stereocenters. The van der Waals surface area contributed by atoms with Crippen molar-refractivity contribution in [3.63, 3.8) is 0 Å². The third kappa shape index (κ3) is 3.98. The predicted octanol–water partition coefficient (Wildman–Crippen LogP) is 3.66. The maximum Gasteiger partial charge on any atom is 0.248 e. The van der Waals surface area contributed by atoms with E-state index >= 15 is 0 Å². The summed E-state index contributed by atoms with van der Waals surface area (Å²) in [4.78, 5) is 11.3. The Balaban J connectivity index is 2.66. The molecule has 1 aromatic carbocycles. The van der Waals surface area contributed by atoms with E-state index in [2.05, 4.69) is 21.2 Å². The molecule has 0 aliphatic heterocycles. The quantitative estimate of drug-likeness (QED) is 0.666. The van der Waals surface area contributed by atoms with E-state index in [9.17, 15) is 9.18 Å². The van der Waals surface area contributed by atoms with Crippen molar-refractivity contribution in [3.8, 4) is 0 Å². The molecule has 1 N–H and O–H groups in total. The monoisotopic (exact) mass is 283 g/mol. The highest BCUT2D eigenvalue weighted by Crippen LogP contribution is 2.19. The molecular weight excluding hydrogens is 273 g/mol. The van der Waals surface area contributed by atoms with Gasteiger partial charge in [0, 0.05) is 11.8 Å². The van der Waals surface area contributed by atoms with Crippen molar-refractivity contribution in [2.24, 2.45) is 0 Å². The van der Waals surface area contributed by atoms with Crippen molar-refractivity contribution >= 4 is 27.5 Å². The number of hydrogen-bond acceptors (Lipinski definition) is 1. The van der Waals surface area contributed by atoms with Gasteiger partial charge in [-0.1, -0.05) is 18.2 Å². The largest absolute Gasteiger partial charge is 0.322 e. The van der Waals surface area contributed by atoms with E-state index in [0.29, 0.717) is 10.2 Å². The van der Waals surface area contributed by atoms with Crippen LogP contribution in [0.2, 0.25) is 0 Å². The molecule has 0 fully saturated rings. The van der Waals surface area contributed by atoms with Crippen LogP contribution < -0.4 is 5.32 Å². The van der Waals surface area contributed by atoms with Crippen molar-refractivity contribution in [3.05, 3.63) is 52.8 Å². The first-order valence-corrected chi connectivity index (χ1v) is 5.48. The van der Waals surface area contributed by atoms with Crippen molar-refractivity contribution in [1.82, 2.24) is 0 Å². The summed E-state index contributed by atoms with van der Waals surface area (Å²) in [7, 11) is 0. The normalized spacial score (nSPS) is 11.2. The average molecular weight is 284 g/mol. The van der Waals surface area contributed by atoms with Gasteiger partial charge in [0.15, 0.2) is 0 Å². The van der Waals surface area contributed by atoms with E-state index in [1.54, 1.807) is 12.2 Å². The third-order valence-electron chi connectivity index (χ3n) is 1.74. The first-order chi connectivity index (χ1) is 7.63. The van der Waals surface area contributed by atoms with Crippen LogP contribution in [0.15, 0.2) is 47.0 Å². The minimum Gasteiger partial charge on any atom is -0.322 e. The van der Waals surface area contributed by atoms with Crippen molar-refractivity contribution in [2.45, 2.75) is 6.92 Å². The molecule has 16 heavy (non-hydrogen) atoms. The molecule has 0 saturated heterocycles. The zero-order valence-corrected chi connectivity index (χ0v) is 10.3. The summed E-state index contributed by atoms with van der Waals surface area (Å²) < 4.78 is 13.2.